The van der Waals surface area contributed by atoms with Gasteiger partial charge in [0.1, 0.15) is 28.6 Å². The molecule has 0 saturated heterocycles. The molecule has 1 amide bonds. The lowest BCUT2D eigenvalue weighted by Gasteiger charge is -2.20. The highest BCUT2D eigenvalue weighted by atomic mass is 32.2. The number of carboxylic acids is 1. The third-order valence-corrected chi connectivity index (χ3v) is 6.72. The number of nitrogens with one attached hydrogen (secondary N) is 1. The van der Waals surface area contributed by atoms with E-state index in [0.29, 0.717) is 45.9 Å². The van der Waals surface area contributed by atoms with Crippen molar-refractivity contribution in [1.82, 2.24) is 10.3 Å². The second-order valence-electron chi connectivity index (χ2n) is 7.52. The largest absolute Gasteiger partial charge is 0.480 e. The molecule has 2 atom stereocenters. The molecule has 3 rings (SSSR count). The third-order valence-electron chi connectivity index (χ3n) is 5.08. The molecule has 0 radical (unpaired) electrons. The number of nitrogens with zero attached hydrogens (tertiary/aromatic N) is 1. The number of ether oxygens (including phenoxy) is 1. The van der Waals surface area contributed by atoms with Crippen molar-refractivity contribution >= 4 is 45.9 Å². The Hall–Kier alpha value is -2.85. The van der Waals surface area contributed by atoms with Crippen LogP contribution in [0, 0.1) is 6.92 Å². The van der Waals surface area contributed by atoms with Gasteiger partial charge in [-0.3, -0.25) is 9.59 Å². The monoisotopic (exact) mass is 490 g/mol. The fourth-order valence-electron chi connectivity index (χ4n) is 3.24. The second kappa shape index (κ2) is 10.8. The molecular formula is C23H26N2O6S2. The molecule has 3 aromatic rings. The van der Waals surface area contributed by atoms with Crippen molar-refractivity contribution in [2.75, 3.05) is 12.0 Å². The smallest absolute Gasteiger partial charge is 0.326 e. The number of amides is 1. The summed E-state index contributed by atoms with van der Waals surface area (Å²) >= 11 is 2.89. The van der Waals surface area contributed by atoms with Crippen molar-refractivity contribution in [3.05, 3.63) is 45.3 Å². The van der Waals surface area contributed by atoms with Gasteiger partial charge in [0.05, 0.1) is 10.9 Å². The molecule has 0 saturated carbocycles. The summed E-state index contributed by atoms with van der Waals surface area (Å²) in [5.74, 6) is -0.595. The Labute approximate surface area is 199 Å². The molecule has 0 fully saturated rings. The van der Waals surface area contributed by atoms with E-state index in [9.17, 15) is 19.5 Å². The molecule has 2 aromatic heterocycles. The van der Waals surface area contributed by atoms with Gasteiger partial charge in [-0.15, -0.1) is 11.3 Å². The van der Waals surface area contributed by atoms with Crippen molar-refractivity contribution in [3.63, 3.8) is 0 Å². The molecular weight excluding hydrogens is 464 g/mol. The molecule has 0 unspecified atom stereocenters. The second-order valence-corrected chi connectivity index (χ2v) is 9.37. The number of thiazole rings is 1. The van der Waals surface area contributed by atoms with Gasteiger partial charge in [0.15, 0.2) is 6.10 Å². The Morgan fingerprint density at radius 1 is 1.36 bits per heavy atom. The molecule has 0 aliphatic carbocycles. The Kier molecular flexibility index (Phi) is 8.15. The van der Waals surface area contributed by atoms with Gasteiger partial charge in [0, 0.05) is 17.1 Å². The first kappa shape index (κ1) is 24.8. The van der Waals surface area contributed by atoms with Gasteiger partial charge in [-0.05, 0) is 50.3 Å². The molecule has 0 bridgehead atoms. The average molecular weight is 491 g/mol. The van der Waals surface area contributed by atoms with Gasteiger partial charge >= 0.3 is 5.97 Å². The summed E-state index contributed by atoms with van der Waals surface area (Å²) in [6, 6.07) is 2.33. The molecule has 0 aliphatic rings. The summed E-state index contributed by atoms with van der Waals surface area (Å²) < 4.78 is 11.6. The number of carbonyl (C=O) groups is 2. The summed E-state index contributed by atoms with van der Waals surface area (Å²) in [5.41, 5.74) is 2.11. The lowest BCUT2D eigenvalue weighted by atomic mass is 10.1. The molecule has 33 heavy (non-hydrogen) atoms. The zero-order chi connectivity index (χ0) is 24.1. The van der Waals surface area contributed by atoms with E-state index >= 15 is 0 Å². The molecule has 10 heteroatoms. The van der Waals surface area contributed by atoms with Crippen LogP contribution in [0.2, 0.25) is 0 Å². The van der Waals surface area contributed by atoms with Gasteiger partial charge in [-0.25, -0.2) is 9.78 Å². The summed E-state index contributed by atoms with van der Waals surface area (Å²) in [4.78, 5) is 41.4. The minimum atomic E-state index is -1.09. The van der Waals surface area contributed by atoms with Crippen LogP contribution in [0.4, 0.5) is 0 Å². The highest BCUT2D eigenvalue weighted by molar-refractivity contribution is 7.98. The van der Waals surface area contributed by atoms with Gasteiger partial charge in [0.25, 0.3) is 5.91 Å². The number of hydrogen-bond acceptors (Lipinski definition) is 8. The van der Waals surface area contributed by atoms with Crippen LogP contribution < -0.4 is 15.5 Å². The predicted octanol–water partition coefficient (Wildman–Crippen LogP) is 3.88. The maximum absolute atomic E-state index is 13.1. The van der Waals surface area contributed by atoms with E-state index in [4.69, 9.17) is 9.15 Å². The predicted molar refractivity (Wildman–Crippen MR) is 130 cm³/mol. The lowest BCUT2D eigenvalue weighted by Crippen LogP contribution is -2.46. The maximum atomic E-state index is 13.1. The first-order valence-corrected chi connectivity index (χ1v) is 12.7. The van der Waals surface area contributed by atoms with E-state index in [1.165, 1.54) is 29.4 Å². The number of rotatable bonds is 10. The van der Waals surface area contributed by atoms with E-state index in [0.717, 1.165) is 11.3 Å². The normalized spacial score (nSPS) is 13.0. The van der Waals surface area contributed by atoms with Gasteiger partial charge in [-0.1, -0.05) is 6.92 Å². The third kappa shape index (κ3) is 5.75. The number of fused-ring (bicyclic) bond motifs is 1. The van der Waals surface area contributed by atoms with Gasteiger partial charge in [-0.2, -0.15) is 11.8 Å². The van der Waals surface area contributed by atoms with Crippen LogP contribution in [0.1, 0.15) is 31.5 Å². The van der Waals surface area contributed by atoms with E-state index < -0.39 is 24.0 Å². The summed E-state index contributed by atoms with van der Waals surface area (Å²) in [6.45, 7) is 5.33. The van der Waals surface area contributed by atoms with Crippen molar-refractivity contribution in [2.24, 2.45) is 0 Å². The first-order chi connectivity index (χ1) is 15.7. The van der Waals surface area contributed by atoms with E-state index in [-0.39, 0.29) is 5.43 Å². The van der Waals surface area contributed by atoms with Crippen LogP contribution in [0.15, 0.2) is 33.0 Å². The average Bonchev–Trinajstić information content (AvgIpc) is 3.22. The van der Waals surface area contributed by atoms with Crippen molar-refractivity contribution < 1.29 is 23.8 Å². The van der Waals surface area contributed by atoms with Crippen LogP contribution in [-0.4, -0.2) is 46.1 Å². The quantitative estimate of drug-likeness (QED) is 0.440. The Balaban J connectivity index is 1.86. The minimum absolute atomic E-state index is 0.185. The Morgan fingerprint density at radius 3 is 2.73 bits per heavy atom. The van der Waals surface area contributed by atoms with E-state index in [1.54, 1.807) is 19.1 Å². The van der Waals surface area contributed by atoms with Crippen LogP contribution >= 0.6 is 23.1 Å². The van der Waals surface area contributed by atoms with Crippen LogP contribution in [-0.2, 0) is 16.0 Å². The maximum Gasteiger partial charge on any atom is 0.326 e. The number of hydrogen-bond donors (Lipinski definition) is 2. The number of aliphatic carboxylic acids is 1. The minimum Gasteiger partial charge on any atom is -0.480 e. The summed E-state index contributed by atoms with van der Waals surface area (Å²) in [7, 11) is 0. The zero-order valence-electron chi connectivity index (χ0n) is 18.8. The molecule has 2 N–H and O–H groups in total. The lowest BCUT2D eigenvalue weighted by molar-refractivity contribution is -0.142. The van der Waals surface area contributed by atoms with Crippen LogP contribution in [0.3, 0.4) is 0 Å². The number of carboxylic acid groups (broad SMARTS) is 1. The van der Waals surface area contributed by atoms with Crippen LogP contribution in [0.5, 0.6) is 5.75 Å². The number of benzene rings is 1. The Bertz CT molecular complexity index is 1220. The number of aryl methyl sites for hydroxylation is 2. The van der Waals surface area contributed by atoms with E-state index in [1.807, 2.05) is 25.5 Å². The molecule has 2 heterocycles. The van der Waals surface area contributed by atoms with Gasteiger partial charge < -0.3 is 19.6 Å². The molecule has 0 aliphatic heterocycles. The number of thioether (sulfide) groups is 1. The summed E-state index contributed by atoms with van der Waals surface area (Å²) in [6.07, 6.45) is 3.20. The molecule has 0 spiro atoms. The first-order valence-electron chi connectivity index (χ1n) is 10.4. The highest BCUT2D eigenvalue weighted by Crippen LogP contribution is 2.29. The molecule has 176 valence electrons. The molecule has 8 nitrogen and oxygen atoms in total. The topological polar surface area (TPSA) is 119 Å². The van der Waals surface area contributed by atoms with Crippen LogP contribution in [0.25, 0.3) is 21.5 Å². The fraction of sp³-hybridized carbons (Fsp3) is 0.391. The van der Waals surface area contributed by atoms with Gasteiger partial charge in [0.2, 0.25) is 5.43 Å². The SMILES string of the molecule is CCc1cc2c(=O)c(-c3nc(C)cs3)coc2cc1O[C@H](C)C(=O)N[C@@H](CCSC)C(=O)O. The zero-order valence-corrected chi connectivity index (χ0v) is 20.5. The van der Waals surface area contributed by atoms with Crippen molar-refractivity contribution in [3.8, 4) is 16.3 Å². The number of carbonyl (C=O) groups excluding carboxylic acids is 1. The number of aromatic nitrogens is 1. The summed E-state index contributed by atoms with van der Waals surface area (Å²) in [5, 5.41) is 14.7. The van der Waals surface area contributed by atoms with E-state index in [2.05, 4.69) is 10.3 Å². The molecule has 1 aromatic carbocycles. The van der Waals surface area contributed by atoms with Crippen molar-refractivity contribution in [2.45, 2.75) is 45.8 Å². The Morgan fingerprint density at radius 2 is 2.12 bits per heavy atom. The highest BCUT2D eigenvalue weighted by Gasteiger charge is 2.24. The standard InChI is InChI=1S/C23H26N2O6S2/c1-5-14-8-15-19(30-10-16(20(15)26)22-24-12(2)11-33-22)9-18(14)31-13(3)21(27)25-17(23(28)29)6-7-32-4/h8-11,13,17H,5-7H2,1-4H3,(H,25,27)(H,28,29)/t13-,17+/m1/s1. The van der Waals surface area contributed by atoms with Crippen molar-refractivity contribution in [1.29, 1.82) is 0 Å². The fourth-order valence-corrected chi connectivity index (χ4v) is 4.51.